The molecular weight excluding hydrogens is 621 g/mol. The van der Waals surface area contributed by atoms with Gasteiger partial charge in [-0.2, -0.15) is 0 Å². The first-order valence-corrected chi connectivity index (χ1v) is 15.3. The molecule has 3 atom stereocenters. The molecule has 14 heteroatoms. The Morgan fingerprint density at radius 3 is 2.36 bits per heavy atom. The van der Waals surface area contributed by atoms with E-state index >= 15 is 0 Å². The van der Waals surface area contributed by atoms with Crippen molar-refractivity contribution < 1.29 is 24.0 Å². The number of carbonyl (C=O) groups excluding carboxylic acids is 3. The molecule has 0 bridgehead atoms. The first-order chi connectivity index (χ1) is 20.2. The zero-order valence-corrected chi connectivity index (χ0v) is 25.3. The van der Waals surface area contributed by atoms with E-state index in [9.17, 15) is 14.4 Å². The van der Waals surface area contributed by atoms with Crippen molar-refractivity contribution >= 4 is 74.9 Å². The van der Waals surface area contributed by atoms with E-state index in [4.69, 9.17) is 38.5 Å². The molecule has 2 unspecified atom stereocenters. The number of nitrogens with zero attached hydrogens (tertiary/aromatic N) is 3. The Labute approximate surface area is 259 Å². The molecule has 3 N–H and O–H groups in total. The zero-order valence-electron chi connectivity index (χ0n) is 22.1. The number of aromatic nitrogens is 1. The Balaban J connectivity index is 1.34. The molecule has 2 aliphatic rings. The summed E-state index contributed by atoms with van der Waals surface area (Å²) in [5, 5.41) is 7.86. The third kappa shape index (κ3) is 6.12. The zero-order chi connectivity index (χ0) is 29.9. The summed E-state index contributed by atoms with van der Waals surface area (Å²) in [4.78, 5) is 50.6. The second kappa shape index (κ2) is 12.7. The summed E-state index contributed by atoms with van der Waals surface area (Å²) >= 11 is 14.6. The first-order valence-electron chi connectivity index (χ1n) is 12.6. The smallest absolute Gasteiger partial charge is 0.319 e. The van der Waals surface area contributed by atoms with Crippen molar-refractivity contribution in [3.63, 3.8) is 0 Å². The van der Waals surface area contributed by atoms with Crippen LogP contribution in [0, 0.1) is 5.41 Å². The predicted molar refractivity (Wildman–Crippen MR) is 163 cm³/mol. The maximum Gasteiger partial charge on any atom is 0.319 e. The van der Waals surface area contributed by atoms with Crippen molar-refractivity contribution in [3.05, 3.63) is 93.4 Å². The van der Waals surface area contributed by atoms with Gasteiger partial charge in [-0.05, 0) is 17.2 Å². The molecule has 2 aliphatic heterocycles. The number of hydrogen-bond donors (Lipinski definition) is 2. The molecule has 0 spiro atoms. The van der Waals surface area contributed by atoms with Crippen LogP contribution in [0.1, 0.15) is 22.9 Å². The number of thioether (sulfide) groups is 1. The molecule has 42 heavy (non-hydrogen) atoms. The Morgan fingerprint density at radius 2 is 1.81 bits per heavy atom. The van der Waals surface area contributed by atoms with Gasteiger partial charge in [0.25, 0.3) is 5.91 Å². The minimum Gasteiger partial charge on any atom is -0.452 e. The number of rotatable bonds is 9. The van der Waals surface area contributed by atoms with Gasteiger partial charge in [0.05, 0.1) is 0 Å². The number of β-lactam (4-membered cyclic amide) rings is 1. The van der Waals surface area contributed by atoms with Crippen LogP contribution < -0.4 is 11.1 Å². The lowest BCUT2D eigenvalue weighted by Crippen LogP contribution is -2.74. The second-order valence-corrected chi connectivity index (χ2v) is 12.5. The summed E-state index contributed by atoms with van der Waals surface area (Å²) in [5.74, 6) is -1.41. The molecule has 1 aromatic heterocycles. The highest BCUT2D eigenvalue weighted by Crippen LogP contribution is 2.45. The number of nitrogen functional groups attached to an aromatic ring is 1. The number of carbonyl (C=O) groups is 3. The van der Waals surface area contributed by atoms with Crippen molar-refractivity contribution in [1.29, 1.82) is 0 Å². The molecule has 5 rings (SSSR count). The fourth-order valence-corrected chi connectivity index (χ4v) is 7.25. The van der Waals surface area contributed by atoms with Crippen LogP contribution in [0.4, 0.5) is 5.13 Å². The quantitative estimate of drug-likeness (QED) is 0.154. The van der Waals surface area contributed by atoms with Crippen LogP contribution in [-0.2, 0) is 24.0 Å². The van der Waals surface area contributed by atoms with Crippen molar-refractivity contribution in [2.75, 3.05) is 25.1 Å². The van der Waals surface area contributed by atoms with Gasteiger partial charge in [-0.3, -0.25) is 14.4 Å². The monoisotopic (exact) mass is 645 g/mol. The lowest BCUT2D eigenvalue weighted by Gasteiger charge is -2.53. The number of halogens is 2. The third-order valence-electron chi connectivity index (χ3n) is 6.78. The van der Waals surface area contributed by atoms with E-state index in [1.165, 1.54) is 29.8 Å². The van der Waals surface area contributed by atoms with E-state index in [0.717, 1.165) is 22.5 Å². The van der Waals surface area contributed by atoms with E-state index in [2.05, 4.69) is 15.5 Å². The fourth-order valence-electron chi connectivity index (χ4n) is 4.78. The van der Waals surface area contributed by atoms with Gasteiger partial charge in [-0.1, -0.05) is 89.0 Å². The summed E-state index contributed by atoms with van der Waals surface area (Å²) < 4.78 is 6.02. The Bertz CT molecular complexity index is 1490. The maximum absolute atomic E-state index is 13.9. The van der Waals surface area contributed by atoms with Gasteiger partial charge in [-0.15, -0.1) is 23.1 Å². The van der Waals surface area contributed by atoms with Gasteiger partial charge >= 0.3 is 5.97 Å². The van der Waals surface area contributed by atoms with Crippen LogP contribution >= 0.6 is 46.3 Å². The SMILES string of the molecule is CON=C(C(=O)NC1C(=O)N2CC(C=C(Cl)Cl)(C(=O)OC(c3ccccc3)c3ccccc3)CS[C@H]12)c1csc(N)n1. The molecule has 2 fully saturated rings. The number of fused-ring (bicyclic) bond motifs is 1. The molecule has 0 saturated carbocycles. The number of anilines is 1. The average molecular weight is 647 g/mol. The number of benzene rings is 2. The van der Waals surface area contributed by atoms with Crippen LogP contribution in [0.5, 0.6) is 0 Å². The van der Waals surface area contributed by atoms with Crippen molar-refractivity contribution in [2.24, 2.45) is 10.6 Å². The van der Waals surface area contributed by atoms with Crippen LogP contribution in [0.25, 0.3) is 0 Å². The van der Waals surface area contributed by atoms with Crippen molar-refractivity contribution in [3.8, 4) is 0 Å². The van der Waals surface area contributed by atoms with Gasteiger partial charge in [0.15, 0.2) is 16.9 Å². The minimum atomic E-state index is -1.33. The number of hydrogen-bond acceptors (Lipinski definition) is 10. The van der Waals surface area contributed by atoms with Crippen LogP contribution in [0.15, 0.2) is 81.8 Å². The largest absolute Gasteiger partial charge is 0.452 e. The Hall–Kier alpha value is -3.58. The lowest BCUT2D eigenvalue weighted by molar-refractivity contribution is -0.162. The Kier molecular flexibility index (Phi) is 9.07. The van der Waals surface area contributed by atoms with Gasteiger partial charge in [0.2, 0.25) is 5.91 Å². The first kappa shape index (κ1) is 29.9. The molecule has 10 nitrogen and oxygen atoms in total. The average Bonchev–Trinajstić information content (AvgIpc) is 3.43. The number of esters is 1. The summed E-state index contributed by atoms with van der Waals surface area (Å²) in [6.45, 7) is -0.0322. The highest BCUT2D eigenvalue weighted by Gasteiger charge is 2.57. The summed E-state index contributed by atoms with van der Waals surface area (Å²) in [6, 6.07) is 17.9. The molecular formula is C28H25Cl2N5O5S2. The molecule has 3 aromatic rings. The van der Waals surface area contributed by atoms with Gasteiger partial charge < -0.3 is 25.5 Å². The van der Waals surface area contributed by atoms with Crippen molar-refractivity contribution in [2.45, 2.75) is 17.5 Å². The summed E-state index contributed by atoms with van der Waals surface area (Å²) in [6.07, 6.45) is 0.726. The molecule has 0 aliphatic carbocycles. The highest BCUT2D eigenvalue weighted by atomic mass is 35.5. The molecule has 2 saturated heterocycles. The maximum atomic E-state index is 13.9. The number of amides is 2. The molecule has 3 heterocycles. The highest BCUT2D eigenvalue weighted by molar-refractivity contribution is 8.00. The third-order valence-corrected chi connectivity index (χ3v) is 9.22. The number of oxime groups is 1. The Morgan fingerprint density at radius 1 is 1.17 bits per heavy atom. The van der Waals surface area contributed by atoms with Crippen molar-refractivity contribution in [1.82, 2.24) is 15.2 Å². The van der Waals surface area contributed by atoms with Gasteiger partial charge in [0.1, 0.15) is 34.1 Å². The normalized spacial score (nSPS) is 21.7. The van der Waals surface area contributed by atoms with Gasteiger partial charge in [-0.25, -0.2) is 4.98 Å². The van der Waals surface area contributed by atoms with E-state index in [-0.39, 0.29) is 39.2 Å². The van der Waals surface area contributed by atoms with E-state index in [0.29, 0.717) is 0 Å². The van der Waals surface area contributed by atoms with E-state index in [1.54, 1.807) is 5.38 Å². The number of ether oxygens (including phenoxy) is 1. The summed E-state index contributed by atoms with van der Waals surface area (Å²) in [5.41, 5.74) is 6.06. The van der Waals surface area contributed by atoms with Crippen LogP contribution in [0.2, 0.25) is 0 Å². The number of nitrogens with one attached hydrogen (secondary N) is 1. The van der Waals surface area contributed by atoms with Crippen LogP contribution in [0.3, 0.4) is 0 Å². The van der Waals surface area contributed by atoms with E-state index in [1.807, 2.05) is 60.7 Å². The molecule has 218 valence electrons. The number of thiazole rings is 1. The van der Waals surface area contributed by atoms with Gasteiger partial charge in [0, 0.05) is 17.7 Å². The van der Waals surface area contributed by atoms with Crippen LogP contribution in [-0.4, -0.2) is 64.2 Å². The fraction of sp³-hybridized carbons (Fsp3) is 0.250. The molecule has 0 radical (unpaired) electrons. The standard InChI is InChI=1S/C28H25Cl2N5O5S2/c1-39-34-20(18-13-41-27(31)32-18)23(36)33-21-24(37)35-14-28(12-19(29)30,15-42-25(21)35)26(38)40-22(16-8-4-2-5-9-16)17-10-6-3-7-11-17/h2-13,21-22,25H,14-15H2,1H3,(H2,31,32)(H,33,36)/t21?,25-,28?/m1/s1. The minimum absolute atomic E-state index is 0.0322. The second-order valence-electron chi connectivity index (χ2n) is 9.51. The topological polar surface area (TPSA) is 136 Å². The molecule has 2 amide bonds. The summed E-state index contributed by atoms with van der Waals surface area (Å²) in [7, 11) is 1.30. The molecule has 2 aromatic carbocycles. The van der Waals surface area contributed by atoms with E-state index < -0.39 is 34.8 Å². The number of nitrogens with two attached hydrogens (primary N) is 1. The lowest BCUT2D eigenvalue weighted by atomic mass is 9.87. The predicted octanol–water partition coefficient (Wildman–Crippen LogP) is 4.11.